The summed E-state index contributed by atoms with van der Waals surface area (Å²) in [5.41, 5.74) is 15.1. The molecule has 9 aromatic carbocycles. The fraction of sp³-hybridized carbons (Fsp3) is 0.141. The highest BCUT2D eigenvalue weighted by molar-refractivity contribution is 6.25. The molecule has 0 N–H and O–H groups in total. The Morgan fingerprint density at radius 1 is 0.420 bits per heavy atom. The van der Waals surface area contributed by atoms with E-state index in [0.29, 0.717) is 23.5 Å². The smallest absolute Gasteiger partial charge is 0.238 e. The van der Waals surface area contributed by atoms with E-state index in [2.05, 4.69) is 244 Å². The summed E-state index contributed by atoms with van der Waals surface area (Å²) in [5.74, 6) is 2.35. The number of benzene rings is 9. The lowest BCUT2D eigenvalue weighted by Crippen LogP contribution is -2.41. The number of nitrogens with zero attached hydrogens (tertiary/aromatic N) is 5. The normalized spacial score (nSPS) is 15.3. The fourth-order valence-electron chi connectivity index (χ4n) is 11.7. The van der Waals surface area contributed by atoms with Crippen LogP contribution in [0.3, 0.4) is 0 Å². The molecule has 0 radical (unpaired) electrons. The second-order valence-corrected chi connectivity index (χ2v) is 20.3. The topological polar surface area (TPSA) is 48.5 Å². The zero-order chi connectivity index (χ0) is 46.6. The molecule has 0 aliphatic heterocycles. The van der Waals surface area contributed by atoms with Gasteiger partial charge in [0.2, 0.25) is 5.95 Å². The van der Waals surface area contributed by atoms with Crippen molar-refractivity contribution in [1.29, 1.82) is 0 Å². The molecule has 12 aromatic rings. The van der Waals surface area contributed by atoms with E-state index in [9.17, 15) is 0 Å². The van der Waals surface area contributed by atoms with Gasteiger partial charge in [0.1, 0.15) is 0 Å². The number of hydrogen-bond acceptors (Lipinski definition) is 3. The minimum atomic E-state index is -0.0292. The minimum absolute atomic E-state index is 0.0292. The van der Waals surface area contributed by atoms with Gasteiger partial charge in [-0.2, -0.15) is 9.97 Å². The third kappa shape index (κ3) is 6.48. The molecule has 0 saturated heterocycles. The molecule has 13 rings (SSSR count). The molecule has 1 atom stereocenters. The van der Waals surface area contributed by atoms with Crippen LogP contribution in [-0.2, 0) is 10.8 Å². The lowest BCUT2D eigenvalue weighted by Gasteiger charge is -2.47. The molecule has 3 heterocycles. The van der Waals surface area contributed by atoms with E-state index in [1.165, 1.54) is 60.5 Å². The van der Waals surface area contributed by atoms with Crippen LogP contribution >= 0.6 is 0 Å². The summed E-state index contributed by atoms with van der Waals surface area (Å²) < 4.78 is 4.84. The Labute approximate surface area is 402 Å². The molecule has 0 saturated carbocycles. The number of para-hydroxylation sites is 1. The Kier molecular flexibility index (Phi) is 9.19. The van der Waals surface area contributed by atoms with E-state index >= 15 is 0 Å². The lowest BCUT2D eigenvalue weighted by molar-refractivity contribution is 0.233. The van der Waals surface area contributed by atoms with E-state index in [0.717, 1.165) is 50.5 Å². The number of rotatable bonds is 6. The maximum atomic E-state index is 5.40. The molecule has 1 unspecified atom stereocenters. The highest BCUT2D eigenvalue weighted by Crippen LogP contribution is 2.52. The third-order valence-electron chi connectivity index (χ3n) is 15.5. The molecule has 5 heteroatoms. The summed E-state index contributed by atoms with van der Waals surface area (Å²) in [7, 11) is 0. The molecule has 1 aliphatic rings. The van der Waals surface area contributed by atoms with Crippen LogP contribution < -0.4 is 0 Å². The lowest BCUT2D eigenvalue weighted by atomic mass is 9.58. The van der Waals surface area contributed by atoms with Crippen molar-refractivity contribution < 1.29 is 0 Å². The van der Waals surface area contributed by atoms with Crippen LogP contribution in [0.2, 0.25) is 0 Å². The van der Waals surface area contributed by atoms with E-state index in [-0.39, 0.29) is 10.8 Å². The van der Waals surface area contributed by atoms with Crippen LogP contribution in [0.15, 0.2) is 200 Å². The summed E-state index contributed by atoms with van der Waals surface area (Å²) in [6, 6.07) is 72.2. The van der Waals surface area contributed by atoms with Crippen molar-refractivity contribution in [3.05, 3.63) is 211 Å². The Morgan fingerprint density at radius 2 is 0.957 bits per heavy atom. The van der Waals surface area contributed by atoms with Crippen molar-refractivity contribution in [1.82, 2.24) is 24.1 Å². The summed E-state index contributed by atoms with van der Waals surface area (Å²) in [4.78, 5) is 16.0. The molecule has 332 valence electrons. The van der Waals surface area contributed by atoms with Crippen molar-refractivity contribution in [2.24, 2.45) is 5.92 Å². The van der Waals surface area contributed by atoms with Gasteiger partial charge in [-0.15, -0.1) is 0 Å². The first-order valence-electron chi connectivity index (χ1n) is 24.2. The van der Waals surface area contributed by atoms with Crippen LogP contribution in [0.1, 0.15) is 52.2 Å². The highest BCUT2D eigenvalue weighted by atomic mass is 15.2. The standard InChI is InChI=1S/C64H51N5/c1-40-39-63(2,3)59-52(64(40,4)5)24-16-26-55(59)68-54-36-35-45-21-12-13-22-48(45)58(54)51-38-56-50(37-57(51)68)49-23-14-15-25-53(49)69(56)62-66-60(46-31-27-43(28-32-46)41-17-8-6-9-18-41)65-61(67-62)47-33-29-44(30-34-47)42-19-10-7-11-20-42/h6-38,40H,39H2,1-5H3. The van der Waals surface area contributed by atoms with Gasteiger partial charge in [0.05, 0.1) is 27.8 Å². The van der Waals surface area contributed by atoms with Gasteiger partial charge in [0, 0.05) is 32.7 Å². The SMILES string of the molecule is CC1CC(C)(C)c2c(-n3c4cc5c6ccccc6n(-c6nc(-c7ccc(-c8ccccc8)cc7)nc(-c7ccc(-c8ccccc8)cc7)n6)c5cc4c4c5ccccc5ccc43)cccc2C1(C)C. The second kappa shape index (κ2) is 15.4. The molecule has 0 spiro atoms. The Balaban J connectivity index is 1.09. The first-order valence-corrected chi connectivity index (χ1v) is 24.2. The van der Waals surface area contributed by atoms with E-state index < -0.39 is 0 Å². The molecular formula is C64H51N5. The van der Waals surface area contributed by atoms with Crippen molar-refractivity contribution >= 4 is 54.4 Å². The summed E-state index contributed by atoms with van der Waals surface area (Å²) in [6.07, 6.45) is 1.12. The molecule has 1 aliphatic carbocycles. The summed E-state index contributed by atoms with van der Waals surface area (Å²) in [5, 5.41) is 7.19. The van der Waals surface area contributed by atoms with Crippen molar-refractivity contribution in [2.45, 2.75) is 51.9 Å². The molecule has 69 heavy (non-hydrogen) atoms. The monoisotopic (exact) mass is 889 g/mol. The number of fused-ring (bicyclic) bond motifs is 9. The average molecular weight is 890 g/mol. The maximum Gasteiger partial charge on any atom is 0.238 e. The van der Waals surface area contributed by atoms with Crippen LogP contribution in [0.4, 0.5) is 0 Å². The van der Waals surface area contributed by atoms with Gasteiger partial charge in [0.25, 0.3) is 0 Å². The molecule has 0 bridgehead atoms. The first-order chi connectivity index (χ1) is 33.6. The van der Waals surface area contributed by atoms with E-state index in [4.69, 9.17) is 15.0 Å². The quantitative estimate of drug-likeness (QED) is 0.167. The van der Waals surface area contributed by atoms with E-state index in [1.807, 2.05) is 0 Å². The van der Waals surface area contributed by atoms with Gasteiger partial charge >= 0.3 is 0 Å². The van der Waals surface area contributed by atoms with Crippen LogP contribution in [0, 0.1) is 5.92 Å². The fourth-order valence-corrected chi connectivity index (χ4v) is 11.7. The Bertz CT molecular complexity index is 3870. The van der Waals surface area contributed by atoms with Gasteiger partial charge in [-0.1, -0.05) is 204 Å². The molecule has 0 amide bonds. The zero-order valence-corrected chi connectivity index (χ0v) is 39.6. The summed E-state index contributed by atoms with van der Waals surface area (Å²) in [6.45, 7) is 12.2. The van der Waals surface area contributed by atoms with Gasteiger partial charge in [0.15, 0.2) is 11.6 Å². The van der Waals surface area contributed by atoms with Crippen molar-refractivity contribution in [2.75, 3.05) is 0 Å². The number of hydrogen-bond donors (Lipinski definition) is 0. The summed E-state index contributed by atoms with van der Waals surface area (Å²) >= 11 is 0. The Hall–Kier alpha value is -8.15. The maximum absolute atomic E-state index is 5.40. The van der Waals surface area contributed by atoms with Gasteiger partial charge in [-0.05, 0) is 97.7 Å². The predicted molar refractivity (Wildman–Crippen MR) is 288 cm³/mol. The average Bonchev–Trinajstić information content (AvgIpc) is 3.89. The van der Waals surface area contributed by atoms with Crippen LogP contribution in [0.5, 0.6) is 0 Å². The molecule has 3 aromatic heterocycles. The van der Waals surface area contributed by atoms with Crippen LogP contribution in [-0.4, -0.2) is 24.1 Å². The largest absolute Gasteiger partial charge is 0.309 e. The molecule has 0 fully saturated rings. The predicted octanol–water partition coefficient (Wildman–Crippen LogP) is 16.5. The second-order valence-electron chi connectivity index (χ2n) is 20.3. The van der Waals surface area contributed by atoms with E-state index in [1.54, 1.807) is 0 Å². The Morgan fingerprint density at radius 3 is 1.61 bits per heavy atom. The van der Waals surface area contributed by atoms with Crippen molar-refractivity contribution in [3.63, 3.8) is 0 Å². The molecular weight excluding hydrogens is 839 g/mol. The number of aromatic nitrogens is 5. The minimum Gasteiger partial charge on any atom is -0.309 e. The van der Waals surface area contributed by atoms with Gasteiger partial charge in [-0.3, -0.25) is 4.57 Å². The molecule has 5 nitrogen and oxygen atoms in total. The van der Waals surface area contributed by atoms with Crippen LogP contribution in [0.25, 0.3) is 111 Å². The van der Waals surface area contributed by atoms with Crippen molar-refractivity contribution in [3.8, 4) is 56.7 Å². The third-order valence-corrected chi connectivity index (χ3v) is 15.5. The first kappa shape index (κ1) is 41.1. The zero-order valence-electron chi connectivity index (χ0n) is 39.6. The van der Waals surface area contributed by atoms with Gasteiger partial charge < -0.3 is 4.57 Å². The van der Waals surface area contributed by atoms with Gasteiger partial charge in [-0.25, -0.2) is 4.98 Å². The highest BCUT2D eigenvalue weighted by Gasteiger charge is 2.43.